The van der Waals surface area contributed by atoms with Crippen LogP contribution in [0.25, 0.3) is 0 Å². The summed E-state index contributed by atoms with van der Waals surface area (Å²) in [7, 11) is 0. The van der Waals surface area contributed by atoms with Gasteiger partial charge in [0.2, 0.25) is 0 Å². The molecule has 0 N–H and O–H groups in total. The third-order valence-corrected chi connectivity index (χ3v) is 9.19. The number of hydrogen-bond acceptors (Lipinski definition) is 0. The molecule has 28 heavy (non-hydrogen) atoms. The van der Waals surface area contributed by atoms with Crippen molar-refractivity contribution < 1.29 is 0 Å². The highest BCUT2D eigenvalue weighted by Crippen LogP contribution is 2.55. The van der Waals surface area contributed by atoms with Gasteiger partial charge in [0.1, 0.15) is 0 Å². The zero-order valence-corrected chi connectivity index (χ0v) is 17.2. The lowest BCUT2D eigenvalue weighted by Crippen LogP contribution is -2.21. The van der Waals surface area contributed by atoms with Crippen LogP contribution < -0.4 is 0 Å². The molecule has 0 bridgehead atoms. The summed E-state index contributed by atoms with van der Waals surface area (Å²) in [5.41, 5.74) is 3.44. The molecule has 0 heteroatoms. The van der Waals surface area contributed by atoms with Crippen LogP contribution in [0.4, 0.5) is 0 Å². The molecule has 0 aromatic rings. The fraction of sp³-hybridized carbons (Fsp3) is 0.571. The van der Waals surface area contributed by atoms with Crippen molar-refractivity contribution in [3.63, 3.8) is 0 Å². The third kappa shape index (κ3) is 2.63. The van der Waals surface area contributed by atoms with E-state index >= 15 is 0 Å². The van der Waals surface area contributed by atoms with E-state index in [9.17, 15) is 0 Å². The molecule has 3 saturated carbocycles. The quantitative estimate of drug-likeness (QED) is 0.499. The highest BCUT2D eigenvalue weighted by molar-refractivity contribution is 5.40. The first-order valence-corrected chi connectivity index (χ1v) is 11.9. The molecule has 0 nitrogen and oxygen atoms in total. The molecule has 6 aliphatic rings. The zero-order chi connectivity index (χ0) is 18.7. The Morgan fingerprint density at radius 3 is 1.93 bits per heavy atom. The monoisotopic (exact) mass is 370 g/mol. The van der Waals surface area contributed by atoms with Crippen molar-refractivity contribution in [3.8, 4) is 0 Å². The predicted octanol–water partition coefficient (Wildman–Crippen LogP) is 7.05. The standard InChI is InChI=1S/C28H34/c1-18-15-21-16-19-7-6-8-20(19)17-28(21)22(18)13-14-27-25-11-4-2-9-23(25)24-10-3-5-12-26(24)27/h2-5,9-12,16-18,21-28H,6-8,13-15H2,1H3/t18-,21-,22-,23-,24+,25-,26-,27?,28+/m1/s1. The average molecular weight is 371 g/mol. The smallest absolute Gasteiger partial charge is 0.00956 e. The van der Waals surface area contributed by atoms with Crippen LogP contribution >= 0.6 is 0 Å². The van der Waals surface area contributed by atoms with Gasteiger partial charge in [0.15, 0.2) is 0 Å². The van der Waals surface area contributed by atoms with Crippen molar-refractivity contribution in [2.24, 2.45) is 53.3 Å². The van der Waals surface area contributed by atoms with Crippen LogP contribution in [-0.2, 0) is 0 Å². The van der Waals surface area contributed by atoms with Crippen LogP contribution in [0, 0.1) is 53.3 Å². The summed E-state index contributed by atoms with van der Waals surface area (Å²) >= 11 is 0. The summed E-state index contributed by atoms with van der Waals surface area (Å²) in [4.78, 5) is 0. The molecule has 0 heterocycles. The summed E-state index contributed by atoms with van der Waals surface area (Å²) in [5, 5.41) is 0. The molecule has 0 aliphatic heterocycles. The van der Waals surface area contributed by atoms with E-state index in [1.807, 2.05) is 0 Å². The molecule has 0 radical (unpaired) electrons. The van der Waals surface area contributed by atoms with Crippen LogP contribution in [0.3, 0.4) is 0 Å². The summed E-state index contributed by atoms with van der Waals surface area (Å²) in [5.74, 6) is 7.28. The molecule has 0 aromatic carbocycles. The van der Waals surface area contributed by atoms with Gasteiger partial charge in [-0.3, -0.25) is 0 Å². The second-order valence-electron chi connectivity index (χ2n) is 10.4. The molecule has 3 fully saturated rings. The van der Waals surface area contributed by atoms with Gasteiger partial charge in [-0.15, -0.1) is 0 Å². The van der Waals surface area contributed by atoms with Crippen LogP contribution in [0.1, 0.15) is 45.4 Å². The maximum Gasteiger partial charge on any atom is -0.00956 e. The minimum absolute atomic E-state index is 0.732. The van der Waals surface area contributed by atoms with Crippen molar-refractivity contribution >= 4 is 0 Å². The van der Waals surface area contributed by atoms with Gasteiger partial charge in [0.05, 0.1) is 0 Å². The van der Waals surface area contributed by atoms with Gasteiger partial charge < -0.3 is 0 Å². The summed E-state index contributed by atoms with van der Waals surface area (Å²) in [6.45, 7) is 2.54. The van der Waals surface area contributed by atoms with Crippen LogP contribution in [0.2, 0.25) is 0 Å². The molecule has 0 saturated heterocycles. The minimum atomic E-state index is 0.732. The number of allylic oxidation sites excluding steroid dienone is 12. The number of rotatable bonds is 3. The predicted molar refractivity (Wildman–Crippen MR) is 118 cm³/mol. The van der Waals surface area contributed by atoms with E-state index in [4.69, 9.17) is 0 Å². The highest BCUT2D eigenvalue weighted by atomic mass is 14.5. The largest absolute Gasteiger partial charge is 0.0805 e. The fourth-order valence-corrected chi connectivity index (χ4v) is 7.96. The van der Waals surface area contributed by atoms with Gasteiger partial charge >= 0.3 is 0 Å². The van der Waals surface area contributed by atoms with Crippen molar-refractivity contribution in [2.45, 2.75) is 45.4 Å². The summed E-state index contributed by atoms with van der Waals surface area (Å²) in [6, 6.07) is 0. The maximum absolute atomic E-state index is 2.74. The molecular formula is C28H34. The first kappa shape index (κ1) is 17.3. The Hall–Kier alpha value is -1.56. The third-order valence-electron chi connectivity index (χ3n) is 9.19. The average Bonchev–Trinajstić information content (AvgIpc) is 3.38. The lowest BCUT2D eigenvalue weighted by Gasteiger charge is -2.30. The number of hydrogen-bond donors (Lipinski definition) is 0. The molecule has 0 aromatic heterocycles. The second-order valence-corrected chi connectivity index (χ2v) is 10.4. The van der Waals surface area contributed by atoms with Gasteiger partial charge in [-0.1, -0.05) is 67.7 Å². The van der Waals surface area contributed by atoms with E-state index in [0.29, 0.717) is 0 Å². The van der Waals surface area contributed by atoms with Gasteiger partial charge in [-0.25, -0.2) is 0 Å². The number of fused-ring (bicyclic) bond motifs is 5. The Morgan fingerprint density at radius 2 is 1.25 bits per heavy atom. The molecule has 146 valence electrons. The Morgan fingerprint density at radius 1 is 0.679 bits per heavy atom. The van der Waals surface area contributed by atoms with E-state index < -0.39 is 0 Å². The van der Waals surface area contributed by atoms with Gasteiger partial charge in [0, 0.05) is 0 Å². The van der Waals surface area contributed by atoms with Crippen molar-refractivity contribution in [1.82, 2.24) is 0 Å². The zero-order valence-electron chi connectivity index (χ0n) is 17.2. The first-order chi connectivity index (χ1) is 13.8. The lowest BCUT2D eigenvalue weighted by molar-refractivity contribution is 0.264. The topological polar surface area (TPSA) is 0 Å². The molecule has 6 rings (SSSR count). The molecule has 1 unspecified atom stereocenters. The lowest BCUT2D eigenvalue weighted by atomic mass is 9.75. The molecule has 0 amide bonds. The van der Waals surface area contributed by atoms with E-state index in [1.165, 1.54) is 38.5 Å². The highest BCUT2D eigenvalue weighted by Gasteiger charge is 2.48. The normalized spacial score (nSPS) is 45.5. The van der Waals surface area contributed by atoms with Crippen molar-refractivity contribution in [3.05, 3.63) is 71.9 Å². The Kier molecular flexibility index (Phi) is 4.17. The molecule has 6 aliphatic carbocycles. The van der Waals surface area contributed by atoms with E-state index in [2.05, 4.69) is 67.7 Å². The van der Waals surface area contributed by atoms with E-state index in [1.54, 1.807) is 11.1 Å². The van der Waals surface area contributed by atoms with E-state index in [0.717, 1.165) is 53.3 Å². The molecular weight excluding hydrogens is 336 g/mol. The first-order valence-electron chi connectivity index (χ1n) is 11.9. The van der Waals surface area contributed by atoms with Crippen molar-refractivity contribution in [2.75, 3.05) is 0 Å². The fourth-order valence-electron chi connectivity index (χ4n) is 7.96. The van der Waals surface area contributed by atoms with Crippen LogP contribution in [0.15, 0.2) is 71.9 Å². The Labute approximate surface area is 170 Å². The molecule has 9 atom stereocenters. The Balaban J connectivity index is 1.21. The van der Waals surface area contributed by atoms with Gasteiger partial charge in [0.25, 0.3) is 0 Å². The second kappa shape index (κ2) is 6.75. The maximum atomic E-state index is 2.74. The Bertz CT molecular complexity index is 781. The summed E-state index contributed by atoms with van der Waals surface area (Å²) in [6.07, 6.45) is 33.1. The van der Waals surface area contributed by atoms with Crippen molar-refractivity contribution in [1.29, 1.82) is 0 Å². The minimum Gasteiger partial charge on any atom is -0.0805 e. The van der Waals surface area contributed by atoms with Crippen LogP contribution in [0.5, 0.6) is 0 Å². The van der Waals surface area contributed by atoms with Gasteiger partial charge in [-0.2, -0.15) is 0 Å². The molecule has 0 spiro atoms. The summed E-state index contributed by atoms with van der Waals surface area (Å²) < 4.78 is 0. The van der Waals surface area contributed by atoms with Crippen LogP contribution in [-0.4, -0.2) is 0 Å². The van der Waals surface area contributed by atoms with Gasteiger partial charge in [-0.05, 0) is 103 Å². The van der Waals surface area contributed by atoms with E-state index in [-0.39, 0.29) is 0 Å². The SMILES string of the molecule is C[C@@H]1C[C@@H]2C=C3CCCC3=C[C@@H]2[C@@H]1CCC1[C@@H]2C=CC=C[C@@H]2[C@@H]2C=CC=C[C@@H]12.